The van der Waals surface area contributed by atoms with E-state index in [1.807, 2.05) is 0 Å². The van der Waals surface area contributed by atoms with Gasteiger partial charge < -0.3 is 5.73 Å². The van der Waals surface area contributed by atoms with Gasteiger partial charge in [0.2, 0.25) is 0 Å². The zero-order valence-electron chi connectivity index (χ0n) is 10.8. The van der Waals surface area contributed by atoms with E-state index in [4.69, 9.17) is 5.73 Å². The van der Waals surface area contributed by atoms with Gasteiger partial charge in [0.15, 0.2) is 0 Å². The van der Waals surface area contributed by atoms with E-state index in [0.29, 0.717) is 23.2 Å². The minimum absolute atomic E-state index is 0.397. The molecule has 0 unspecified atom stereocenters. The van der Waals surface area contributed by atoms with Crippen molar-refractivity contribution in [3.63, 3.8) is 0 Å². The number of nitrogens with two attached hydrogens (primary N) is 1. The van der Waals surface area contributed by atoms with Gasteiger partial charge in [-0.2, -0.15) is 0 Å². The highest BCUT2D eigenvalue weighted by Gasteiger charge is 2.56. The minimum Gasteiger partial charge on any atom is -0.330 e. The van der Waals surface area contributed by atoms with E-state index >= 15 is 0 Å². The number of hydrogen-bond donors (Lipinski definition) is 1. The summed E-state index contributed by atoms with van der Waals surface area (Å²) in [4.78, 5) is 0. The molecule has 1 saturated carbocycles. The van der Waals surface area contributed by atoms with Crippen LogP contribution >= 0.6 is 0 Å². The van der Waals surface area contributed by atoms with Gasteiger partial charge in [-0.25, -0.2) is 0 Å². The molecule has 2 rings (SSSR count). The molecule has 0 saturated heterocycles. The van der Waals surface area contributed by atoms with Crippen LogP contribution in [0.4, 0.5) is 0 Å². The SMILES string of the molecule is CC(C)c1ccc([C@@H]2[C@@H](CN)C2(C)C)cc1. The van der Waals surface area contributed by atoms with Gasteiger partial charge in [0, 0.05) is 0 Å². The van der Waals surface area contributed by atoms with E-state index in [0.717, 1.165) is 6.54 Å². The zero-order chi connectivity index (χ0) is 11.9. The first kappa shape index (κ1) is 11.7. The third-order valence-corrected chi connectivity index (χ3v) is 4.27. The Morgan fingerprint density at radius 3 is 2.12 bits per heavy atom. The Morgan fingerprint density at radius 2 is 1.75 bits per heavy atom. The molecule has 1 aliphatic rings. The van der Waals surface area contributed by atoms with Gasteiger partial charge in [-0.15, -0.1) is 0 Å². The molecule has 0 aliphatic heterocycles. The van der Waals surface area contributed by atoms with Crippen LogP contribution in [0.3, 0.4) is 0 Å². The van der Waals surface area contributed by atoms with Gasteiger partial charge in [0.05, 0.1) is 0 Å². The predicted octanol–water partition coefficient (Wildman–Crippen LogP) is 3.51. The fraction of sp³-hybridized carbons (Fsp3) is 0.600. The summed E-state index contributed by atoms with van der Waals surface area (Å²) in [7, 11) is 0. The topological polar surface area (TPSA) is 26.0 Å². The monoisotopic (exact) mass is 217 g/mol. The van der Waals surface area contributed by atoms with Gasteiger partial charge in [0.1, 0.15) is 0 Å². The molecule has 1 aromatic carbocycles. The minimum atomic E-state index is 0.397. The lowest BCUT2D eigenvalue weighted by molar-refractivity contribution is 0.558. The normalized spacial score (nSPS) is 27.1. The molecule has 1 heteroatoms. The predicted molar refractivity (Wildman–Crippen MR) is 69.6 cm³/mol. The summed E-state index contributed by atoms with van der Waals surface area (Å²) in [5.74, 6) is 1.95. The highest BCUT2D eigenvalue weighted by atomic mass is 14.7. The summed E-state index contributed by atoms with van der Waals surface area (Å²) in [6.07, 6.45) is 0. The van der Waals surface area contributed by atoms with E-state index in [-0.39, 0.29) is 0 Å². The molecule has 2 atom stereocenters. The van der Waals surface area contributed by atoms with Crippen LogP contribution in [0.5, 0.6) is 0 Å². The summed E-state index contributed by atoms with van der Waals surface area (Å²) in [6.45, 7) is 9.93. The van der Waals surface area contributed by atoms with Crippen molar-refractivity contribution in [3.8, 4) is 0 Å². The third kappa shape index (κ3) is 1.78. The fourth-order valence-electron chi connectivity index (χ4n) is 2.93. The van der Waals surface area contributed by atoms with Crippen molar-refractivity contribution >= 4 is 0 Å². The Kier molecular flexibility index (Phi) is 2.83. The fourth-order valence-corrected chi connectivity index (χ4v) is 2.93. The van der Waals surface area contributed by atoms with E-state index < -0.39 is 0 Å². The summed E-state index contributed by atoms with van der Waals surface area (Å²) in [5.41, 5.74) is 9.10. The molecule has 0 bridgehead atoms. The zero-order valence-corrected chi connectivity index (χ0v) is 10.8. The molecule has 0 aromatic heterocycles. The van der Waals surface area contributed by atoms with Crippen molar-refractivity contribution in [2.24, 2.45) is 17.1 Å². The van der Waals surface area contributed by atoms with Crippen LogP contribution in [0, 0.1) is 11.3 Å². The Morgan fingerprint density at radius 1 is 1.19 bits per heavy atom. The number of hydrogen-bond acceptors (Lipinski definition) is 1. The molecule has 88 valence electrons. The summed E-state index contributed by atoms with van der Waals surface area (Å²) in [6, 6.07) is 9.11. The lowest BCUT2D eigenvalue weighted by Crippen LogP contribution is -2.05. The first-order chi connectivity index (χ1) is 7.48. The molecular weight excluding hydrogens is 194 g/mol. The molecular formula is C15H23N. The van der Waals surface area contributed by atoms with Crippen molar-refractivity contribution in [1.29, 1.82) is 0 Å². The molecule has 0 amide bonds. The average molecular weight is 217 g/mol. The molecule has 0 radical (unpaired) electrons. The average Bonchev–Trinajstić information content (AvgIpc) is 2.80. The Balaban J connectivity index is 2.18. The second-order valence-corrected chi connectivity index (χ2v) is 5.96. The van der Waals surface area contributed by atoms with Crippen molar-refractivity contribution in [1.82, 2.24) is 0 Å². The summed E-state index contributed by atoms with van der Waals surface area (Å²) >= 11 is 0. The van der Waals surface area contributed by atoms with E-state index in [2.05, 4.69) is 52.0 Å². The van der Waals surface area contributed by atoms with E-state index in [1.165, 1.54) is 11.1 Å². The lowest BCUT2D eigenvalue weighted by Gasteiger charge is -2.07. The van der Waals surface area contributed by atoms with Crippen molar-refractivity contribution < 1.29 is 0 Å². The third-order valence-electron chi connectivity index (χ3n) is 4.27. The molecule has 1 aliphatic carbocycles. The van der Waals surface area contributed by atoms with Gasteiger partial charge in [-0.1, -0.05) is 52.0 Å². The maximum absolute atomic E-state index is 5.82. The number of rotatable bonds is 3. The van der Waals surface area contributed by atoms with E-state index in [1.54, 1.807) is 0 Å². The first-order valence-corrected chi connectivity index (χ1v) is 6.28. The Hall–Kier alpha value is -0.820. The van der Waals surface area contributed by atoms with Crippen LogP contribution in [0.1, 0.15) is 50.7 Å². The van der Waals surface area contributed by atoms with Gasteiger partial charge in [-0.05, 0) is 40.8 Å². The molecule has 1 aromatic rings. The number of benzene rings is 1. The maximum Gasteiger partial charge on any atom is -0.00375 e. The van der Waals surface area contributed by atoms with Crippen molar-refractivity contribution in [2.75, 3.05) is 6.54 Å². The van der Waals surface area contributed by atoms with E-state index in [9.17, 15) is 0 Å². The van der Waals surface area contributed by atoms with Crippen LogP contribution in [0.25, 0.3) is 0 Å². The van der Waals surface area contributed by atoms with Gasteiger partial charge >= 0.3 is 0 Å². The maximum atomic E-state index is 5.82. The second-order valence-electron chi connectivity index (χ2n) is 5.96. The van der Waals surface area contributed by atoms with Crippen LogP contribution in [0.2, 0.25) is 0 Å². The van der Waals surface area contributed by atoms with Crippen LogP contribution in [-0.2, 0) is 0 Å². The quantitative estimate of drug-likeness (QED) is 0.824. The highest BCUT2D eigenvalue weighted by molar-refractivity contribution is 5.34. The largest absolute Gasteiger partial charge is 0.330 e. The molecule has 0 heterocycles. The smallest absolute Gasteiger partial charge is 0.00375 e. The van der Waals surface area contributed by atoms with Crippen molar-refractivity contribution in [2.45, 2.75) is 39.5 Å². The van der Waals surface area contributed by atoms with Crippen LogP contribution in [0.15, 0.2) is 24.3 Å². The Labute approximate surface area is 99.0 Å². The van der Waals surface area contributed by atoms with Crippen LogP contribution in [-0.4, -0.2) is 6.54 Å². The standard InChI is InChI=1S/C15H23N/c1-10(2)11-5-7-12(8-6-11)14-13(9-16)15(14,3)4/h5-8,10,13-14H,9,16H2,1-4H3/t13-,14-/m1/s1. The molecule has 1 fully saturated rings. The molecule has 0 spiro atoms. The Bertz CT molecular complexity index is 362. The molecule has 2 N–H and O–H groups in total. The molecule has 1 nitrogen and oxygen atoms in total. The highest BCUT2D eigenvalue weighted by Crippen LogP contribution is 2.63. The second kappa shape index (κ2) is 3.89. The van der Waals surface area contributed by atoms with Gasteiger partial charge in [-0.3, -0.25) is 0 Å². The summed E-state index contributed by atoms with van der Waals surface area (Å²) in [5, 5.41) is 0. The molecule has 16 heavy (non-hydrogen) atoms. The van der Waals surface area contributed by atoms with Gasteiger partial charge in [0.25, 0.3) is 0 Å². The van der Waals surface area contributed by atoms with Crippen LogP contribution < -0.4 is 5.73 Å². The first-order valence-electron chi connectivity index (χ1n) is 6.28. The lowest BCUT2D eigenvalue weighted by atomic mass is 9.98. The summed E-state index contributed by atoms with van der Waals surface area (Å²) < 4.78 is 0. The van der Waals surface area contributed by atoms with Crippen molar-refractivity contribution in [3.05, 3.63) is 35.4 Å².